The minimum absolute atomic E-state index is 0.473. The molecule has 104 valence electrons. The van der Waals surface area contributed by atoms with Crippen molar-refractivity contribution in [3.8, 4) is 6.07 Å². The van der Waals surface area contributed by atoms with Gasteiger partial charge in [-0.05, 0) is 11.6 Å². The second-order valence-electron chi connectivity index (χ2n) is 5.12. The number of rotatable bonds is 2. The van der Waals surface area contributed by atoms with Crippen LogP contribution in [0.5, 0.6) is 0 Å². The average molecular weight is 278 g/mol. The van der Waals surface area contributed by atoms with Gasteiger partial charge in [0.25, 0.3) is 5.91 Å². The van der Waals surface area contributed by atoms with Crippen molar-refractivity contribution in [2.45, 2.75) is 11.5 Å². The molecule has 0 aliphatic carbocycles. The number of amides is 1. The van der Waals surface area contributed by atoms with E-state index < -0.39 is 17.4 Å². The maximum absolute atomic E-state index is 12.6. The van der Waals surface area contributed by atoms with Crippen molar-refractivity contribution in [2.24, 2.45) is 0 Å². The van der Waals surface area contributed by atoms with Crippen molar-refractivity contribution in [3.05, 3.63) is 65.7 Å². The lowest BCUT2D eigenvalue weighted by atomic mass is 9.79. The Morgan fingerprint density at radius 3 is 2.43 bits per heavy atom. The Morgan fingerprint density at radius 2 is 1.76 bits per heavy atom. The first-order chi connectivity index (χ1) is 10.1. The number of fused-ring (bicyclic) bond motifs is 1. The molecule has 4 nitrogen and oxygen atoms in total. The van der Waals surface area contributed by atoms with E-state index in [4.69, 9.17) is 0 Å². The van der Waals surface area contributed by atoms with Gasteiger partial charge in [-0.3, -0.25) is 4.79 Å². The maximum Gasteiger partial charge on any atom is 0.265 e. The SMILES string of the molecule is CN1C(=O)[C@@](O)([C@H](C#N)c2ccccc2)c2ccccc21. The van der Waals surface area contributed by atoms with Crippen LogP contribution in [0, 0.1) is 11.3 Å². The van der Waals surface area contributed by atoms with Crippen LogP contribution >= 0.6 is 0 Å². The van der Waals surface area contributed by atoms with E-state index in [0.29, 0.717) is 16.8 Å². The molecule has 1 N–H and O–H groups in total. The van der Waals surface area contributed by atoms with Crippen LogP contribution in [0.1, 0.15) is 17.0 Å². The van der Waals surface area contributed by atoms with E-state index in [1.165, 1.54) is 4.90 Å². The summed E-state index contributed by atoms with van der Waals surface area (Å²) in [5, 5.41) is 20.6. The van der Waals surface area contributed by atoms with Gasteiger partial charge in [0.1, 0.15) is 5.92 Å². The minimum atomic E-state index is -1.85. The molecule has 3 rings (SSSR count). The van der Waals surface area contributed by atoms with Crippen molar-refractivity contribution >= 4 is 11.6 Å². The summed E-state index contributed by atoms with van der Waals surface area (Å²) in [7, 11) is 1.61. The molecule has 0 unspecified atom stereocenters. The number of hydrogen-bond donors (Lipinski definition) is 1. The van der Waals surface area contributed by atoms with Crippen LogP contribution in [0.4, 0.5) is 5.69 Å². The number of benzene rings is 2. The summed E-state index contributed by atoms with van der Waals surface area (Å²) >= 11 is 0. The number of nitrogens with zero attached hydrogens (tertiary/aromatic N) is 2. The van der Waals surface area contributed by atoms with Crippen LogP contribution in [0.3, 0.4) is 0 Å². The Labute approximate surface area is 122 Å². The van der Waals surface area contributed by atoms with Gasteiger partial charge in [0, 0.05) is 12.6 Å². The molecule has 0 aromatic heterocycles. The van der Waals surface area contributed by atoms with Gasteiger partial charge in [-0.25, -0.2) is 0 Å². The molecule has 0 radical (unpaired) electrons. The Morgan fingerprint density at radius 1 is 1.14 bits per heavy atom. The quantitative estimate of drug-likeness (QED) is 0.915. The van der Waals surface area contributed by atoms with Crippen molar-refractivity contribution in [1.82, 2.24) is 0 Å². The van der Waals surface area contributed by atoms with Crippen LogP contribution in [0.15, 0.2) is 54.6 Å². The first-order valence-corrected chi connectivity index (χ1v) is 6.65. The third-order valence-corrected chi connectivity index (χ3v) is 3.99. The summed E-state index contributed by atoms with van der Waals surface area (Å²) < 4.78 is 0. The summed E-state index contributed by atoms with van der Waals surface area (Å²) in [4.78, 5) is 14.0. The number of carbonyl (C=O) groups is 1. The number of nitriles is 1. The van der Waals surface area contributed by atoms with E-state index in [-0.39, 0.29) is 0 Å². The number of likely N-dealkylation sites (N-methyl/N-ethyl adjacent to an activating group) is 1. The molecule has 2 atom stereocenters. The first kappa shape index (κ1) is 13.3. The van der Waals surface area contributed by atoms with Gasteiger partial charge in [0.05, 0.1) is 11.8 Å². The van der Waals surface area contributed by atoms with Crippen LogP contribution in [0.25, 0.3) is 0 Å². The minimum Gasteiger partial charge on any atom is -0.374 e. The second kappa shape index (κ2) is 4.72. The highest BCUT2D eigenvalue weighted by Gasteiger charge is 2.54. The molecule has 2 aromatic carbocycles. The zero-order valence-electron chi connectivity index (χ0n) is 11.5. The summed E-state index contributed by atoms with van der Waals surface area (Å²) in [6.07, 6.45) is 0. The molecule has 1 heterocycles. The molecule has 1 amide bonds. The lowest BCUT2D eigenvalue weighted by molar-refractivity contribution is -0.136. The number of para-hydroxylation sites is 1. The predicted octanol–water partition coefficient (Wildman–Crippen LogP) is 2.16. The van der Waals surface area contributed by atoms with Crippen LogP contribution in [-0.4, -0.2) is 18.1 Å². The monoisotopic (exact) mass is 278 g/mol. The lowest BCUT2D eigenvalue weighted by Crippen LogP contribution is -2.43. The van der Waals surface area contributed by atoms with Crippen LogP contribution in [-0.2, 0) is 10.4 Å². The smallest absolute Gasteiger partial charge is 0.265 e. The third-order valence-electron chi connectivity index (χ3n) is 3.99. The third kappa shape index (κ3) is 1.75. The fourth-order valence-electron chi connectivity index (χ4n) is 2.90. The second-order valence-corrected chi connectivity index (χ2v) is 5.12. The van der Waals surface area contributed by atoms with Gasteiger partial charge in [0.15, 0.2) is 5.60 Å². The van der Waals surface area contributed by atoms with Crippen LogP contribution < -0.4 is 4.90 Å². The van der Waals surface area contributed by atoms with E-state index in [9.17, 15) is 15.2 Å². The highest BCUT2D eigenvalue weighted by atomic mass is 16.3. The maximum atomic E-state index is 12.6. The summed E-state index contributed by atoms with van der Waals surface area (Å²) in [6.45, 7) is 0. The number of anilines is 1. The van der Waals surface area contributed by atoms with E-state index in [0.717, 1.165) is 0 Å². The molecule has 4 heteroatoms. The molecule has 1 aliphatic rings. The average Bonchev–Trinajstić information content (AvgIpc) is 2.72. The molecule has 0 saturated carbocycles. The van der Waals surface area contributed by atoms with E-state index in [2.05, 4.69) is 6.07 Å². The Bertz CT molecular complexity index is 736. The lowest BCUT2D eigenvalue weighted by Gasteiger charge is -2.27. The normalized spacial score (nSPS) is 21.8. The van der Waals surface area contributed by atoms with Crippen molar-refractivity contribution in [2.75, 3.05) is 11.9 Å². The van der Waals surface area contributed by atoms with Crippen molar-refractivity contribution in [3.63, 3.8) is 0 Å². The fourth-order valence-corrected chi connectivity index (χ4v) is 2.90. The van der Waals surface area contributed by atoms with E-state index in [1.807, 2.05) is 6.07 Å². The number of hydrogen-bond acceptors (Lipinski definition) is 3. The topological polar surface area (TPSA) is 64.3 Å². The van der Waals surface area contributed by atoms with Crippen molar-refractivity contribution in [1.29, 1.82) is 5.26 Å². The highest BCUT2D eigenvalue weighted by molar-refractivity contribution is 6.07. The first-order valence-electron chi connectivity index (χ1n) is 6.65. The zero-order valence-corrected chi connectivity index (χ0v) is 11.5. The highest BCUT2D eigenvalue weighted by Crippen LogP contribution is 2.47. The van der Waals surface area contributed by atoms with E-state index >= 15 is 0 Å². The van der Waals surface area contributed by atoms with Gasteiger partial charge in [0.2, 0.25) is 0 Å². The molecular formula is C17H14N2O2. The Kier molecular flexibility index (Phi) is 3.00. The van der Waals surface area contributed by atoms with Gasteiger partial charge >= 0.3 is 0 Å². The summed E-state index contributed by atoms with van der Waals surface area (Å²) in [5.41, 5.74) is -0.100. The molecule has 0 bridgehead atoms. The molecule has 21 heavy (non-hydrogen) atoms. The van der Waals surface area contributed by atoms with Crippen LogP contribution in [0.2, 0.25) is 0 Å². The van der Waals surface area contributed by atoms with E-state index in [1.54, 1.807) is 55.6 Å². The molecule has 2 aromatic rings. The standard InChI is InChI=1S/C17H14N2O2/c1-19-15-10-6-5-9-13(15)17(21,16(19)20)14(11-18)12-7-3-2-4-8-12/h2-10,14,21H,1H3/t14-,17+/m1/s1. The largest absolute Gasteiger partial charge is 0.374 e. The number of carbonyl (C=O) groups excluding carboxylic acids is 1. The summed E-state index contributed by atoms with van der Waals surface area (Å²) in [6, 6.07) is 18.0. The molecule has 1 aliphatic heterocycles. The Balaban J connectivity index is 2.20. The van der Waals surface area contributed by atoms with Gasteiger partial charge < -0.3 is 10.0 Å². The van der Waals surface area contributed by atoms with Gasteiger partial charge in [-0.15, -0.1) is 0 Å². The zero-order chi connectivity index (χ0) is 15.0. The fraction of sp³-hybridized carbons (Fsp3) is 0.176. The number of aliphatic hydroxyl groups is 1. The predicted molar refractivity (Wildman–Crippen MR) is 78.5 cm³/mol. The van der Waals surface area contributed by atoms with Crippen molar-refractivity contribution < 1.29 is 9.90 Å². The molecule has 0 spiro atoms. The summed E-state index contributed by atoms with van der Waals surface area (Å²) in [5.74, 6) is -1.42. The molecular weight excluding hydrogens is 264 g/mol. The van der Waals surface area contributed by atoms with Gasteiger partial charge in [-0.2, -0.15) is 5.26 Å². The van der Waals surface area contributed by atoms with Gasteiger partial charge in [-0.1, -0.05) is 48.5 Å². The molecule has 0 saturated heterocycles. The Hall–Kier alpha value is -2.64. The molecule has 0 fully saturated rings.